The van der Waals surface area contributed by atoms with Crippen molar-refractivity contribution in [1.29, 1.82) is 0 Å². The Kier molecular flexibility index (Phi) is 3.92. The van der Waals surface area contributed by atoms with E-state index < -0.39 is 0 Å². The molecule has 0 N–H and O–H groups in total. The van der Waals surface area contributed by atoms with E-state index in [4.69, 9.17) is 0 Å². The molecule has 0 aromatic carbocycles. The summed E-state index contributed by atoms with van der Waals surface area (Å²) < 4.78 is 0. The summed E-state index contributed by atoms with van der Waals surface area (Å²) in [5, 5.41) is 0. The molecule has 6 heteroatoms. The van der Waals surface area contributed by atoms with Crippen molar-refractivity contribution in [2.75, 3.05) is 13.1 Å². The van der Waals surface area contributed by atoms with Crippen LogP contribution in [0.3, 0.4) is 0 Å². The highest BCUT2D eigenvalue weighted by atomic mass is 16.2. The van der Waals surface area contributed by atoms with E-state index in [-0.39, 0.29) is 35.5 Å². The first-order valence-electron chi connectivity index (χ1n) is 7.61. The molecule has 22 heavy (non-hydrogen) atoms. The number of carbonyl (C=O) groups excluding carboxylic acids is 4. The first-order chi connectivity index (χ1) is 10.5. The van der Waals surface area contributed by atoms with Gasteiger partial charge in [-0.15, -0.1) is 0 Å². The van der Waals surface area contributed by atoms with Gasteiger partial charge in [-0.2, -0.15) is 0 Å². The van der Waals surface area contributed by atoms with Gasteiger partial charge in [0.1, 0.15) is 0 Å². The summed E-state index contributed by atoms with van der Waals surface area (Å²) in [5.41, 5.74) is 0. The molecule has 2 heterocycles. The molecule has 2 unspecified atom stereocenters. The molecule has 0 aromatic rings. The predicted molar refractivity (Wildman–Crippen MR) is 77.2 cm³/mol. The Morgan fingerprint density at radius 2 is 1.09 bits per heavy atom. The standard InChI is InChI=1S/C16H18N2O4/c19-13-4-5-14(20)17(13)9-11-2-1-3-12(8-11)10-18-15(21)6-7-16(18)22/h4-7,11-12H,1-3,8-10H2. The number of hydrogen-bond donors (Lipinski definition) is 0. The Bertz CT molecular complexity index is 507. The van der Waals surface area contributed by atoms with Gasteiger partial charge in [-0.05, 0) is 31.1 Å². The zero-order chi connectivity index (χ0) is 15.7. The van der Waals surface area contributed by atoms with E-state index in [9.17, 15) is 19.2 Å². The molecule has 2 atom stereocenters. The van der Waals surface area contributed by atoms with Crippen LogP contribution in [0.15, 0.2) is 24.3 Å². The van der Waals surface area contributed by atoms with Gasteiger partial charge in [0.05, 0.1) is 0 Å². The van der Waals surface area contributed by atoms with E-state index in [1.807, 2.05) is 0 Å². The van der Waals surface area contributed by atoms with E-state index in [2.05, 4.69) is 0 Å². The summed E-state index contributed by atoms with van der Waals surface area (Å²) in [6, 6.07) is 0. The molecule has 0 aromatic heterocycles. The highest BCUT2D eigenvalue weighted by Crippen LogP contribution is 2.31. The van der Waals surface area contributed by atoms with Crippen LogP contribution in [0, 0.1) is 11.8 Å². The predicted octanol–water partition coefficient (Wildman–Crippen LogP) is 0.643. The Balaban J connectivity index is 1.56. The highest BCUT2D eigenvalue weighted by Gasteiger charge is 2.32. The molecule has 0 radical (unpaired) electrons. The number of carbonyl (C=O) groups is 4. The number of rotatable bonds is 4. The minimum atomic E-state index is -0.249. The lowest BCUT2D eigenvalue weighted by Crippen LogP contribution is -2.39. The van der Waals surface area contributed by atoms with Gasteiger partial charge in [0.25, 0.3) is 23.6 Å². The molecule has 3 aliphatic rings. The molecule has 4 amide bonds. The topological polar surface area (TPSA) is 74.8 Å². The van der Waals surface area contributed by atoms with Gasteiger partial charge in [0.15, 0.2) is 0 Å². The lowest BCUT2D eigenvalue weighted by Gasteiger charge is -2.32. The molecule has 1 aliphatic carbocycles. The molecular formula is C16H18N2O4. The maximum atomic E-state index is 11.6. The highest BCUT2D eigenvalue weighted by molar-refractivity contribution is 6.13. The van der Waals surface area contributed by atoms with Crippen LogP contribution < -0.4 is 0 Å². The zero-order valence-corrected chi connectivity index (χ0v) is 12.2. The van der Waals surface area contributed by atoms with Gasteiger partial charge < -0.3 is 0 Å². The maximum absolute atomic E-state index is 11.6. The van der Waals surface area contributed by atoms with Gasteiger partial charge in [0, 0.05) is 37.4 Å². The van der Waals surface area contributed by atoms with Crippen LogP contribution in [-0.4, -0.2) is 46.5 Å². The minimum Gasteiger partial charge on any atom is -0.275 e. The Morgan fingerprint density at radius 3 is 1.45 bits per heavy atom. The summed E-state index contributed by atoms with van der Waals surface area (Å²) in [7, 11) is 0. The van der Waals surface area contributed by atoms with Crippen LogP contribution in [0.25, 0.3) is 0 Å². The van der Waals surface area contributed by atoms with Crippen molar-refractivity contribution >= 4 is 23.6 Å². The summed E-state index contributed by atoms with van der Waals surface area (Å²) in [6.45, 7) is 0.864. The normalized spacial score (nSPS) is 28.4. The van der Waals surface area contributed by atoms with E-state index in [0.717, 1.165) is 25.7 Å². The van der Waals surface area contributed by atoms with Crippen molar-refractivity contribution in [2.45, 2.75) is 25.7 Å². The molecule has 1 fully saturated rings. The molecule has 0 spiro atoms. The first kappa shape index (κ1) is 14.7. The number of nitrogens with zero attached hydrogens (tertiary/aromatic N) is 2. The molecule has 0 bridgehead atoms. The third kappa shape index (κ3) is 2.86. The molecule has 3 rings (SSSR count). The van der Waals surface area contributed by atoms with Gasteiger partial charge in [-0.25, -0.2) is 0 Å². The molecule has 2 aliphatic heterocycles. The van der Waals surface area contributed by atoms with Crippen LogP contribution in [-0.2, 0) is 19.2 Å². The Hall–Kier alpha value is -2.24. The van der Waals surface area contributed by atoms with E-state index in [1.54, 1.807) is 0 Å². The minimum absolute atomic E-state index is 0.243. The van der Waals surface area contributed by atoms with Crippen LogP contribution in [0.2, 0.25) is 0 Å². The third-order valence-corrected chi connectivity index (χ3v) is 4.57. The molecule has 1 saturated carbocycles. The fraction of sp³-hybridized carbons (Fsp3) is 0.500. The van der Waals surface area contributed by atoms with Gasteiger partial charge >= 0.3 is 0 Å². The van der Waals surface area contributed by atoms with Crippen LogP contribution >= 0.6 is 0 Å². The Labute approximate surface area is 128 Å². The second-order valence-corrected chi connectivity index (χ2v) is 6.14. The van der Waals surface area contributed by atoms with Crippen molar-refractivity contribution in [2.24, 2.45) is 11.8 Å². The number of imide groups is 2. The quantitative estimate of drug-likeness (QED) is 0.714. The average molecular weight is 302 g/mol. The van der Waals surface area contributed by atoms with Crippen LogP contribution in [0.1, 0.15) is 25.7 Å². The van der Waals surface area contributed by atoms with Crippen LogP contribution in [0.4, 0.5) is 0 Å². The number of amides is 4. The van der Waals surface area contributed by atoms with Crippen molar-refractivity contribution in [3.05, 3.63) is 24.3 Å². The fourth-order valence-corrected chi connectivity index (χ4v) is 3.47. The largest absolute Gasteiger partial charge is 0.275 e. The maximum Gasteiger partial charge on any atom is 0.253 e. The number of hydrogen-bond acceptors (Lipinski definition) is 4. The zero-order valence-electron chi connectivity index (χ0n) is 12.2. The van der Waals surface area contributed by atoms with Crippen LogP contribution in [0.5, 0.6) is 0 Å². The summed E-state index contributed by atoms with van der Waals surface area (Å²) >= 11 is 0. The summed E-state index contributed by atoms with van der Waals surface area (Å²) in [5.74, 6) is -0.510. The smallest absolute Gasteiger partial charge is 0.253 e. The van der Waals surface area contributed by atoms with E-state index in [1.165, 1.54) is 34.1 Å². The molecule has 6 nitrogen and oxygen atoms in total. The average Bonchev–Trinajstić information content (AvgIpc) is 2.98. The second-order valence-electron chi connectivity index (χ2n) is 6.14. The van der Waals surface area contributed by atoms with Crippen molar-refractivity contribution in [3.8, 4) is 0 Å². The molecule has 116 valence electrons. The van der Waals surface area contributed by atoms with Crippen molar-refractivity contribution < 1.29 is 19.2 Å². The SMILES string of the molecule is O=C1C=CC(=O)N1CC1CCCC(CN2C(=O)C=CC2=O)C1. The van der Waals surface area contributed by atoms with E-state index in [0.29, 0.717) is 13.1 Å². The lowest BCUT2D eigenvalue weighted by atomic mass is 9.81. The Morgan fingerprint density at radius 1 is 0.727 bits per heavy atom. The van der Waals surface area contributed by atoms with Crippen molar-refractivity contribution in [1.82, 2.24) is 9.80 Å². The van der Waals surface area contributed by atoms with Gasteiger partial charge in [-0.1, -0.05) is 6.42 Å². The van der Waals surface area contributed by atoms with Gasteiger partial charge in [-0.3, -0.25) is 29.0 Å². The van der Waals surface area contributed by atoms with Gasteiger partial charge in [0.2, 0.25) is 0 Å². The molecular weight excluding hydrogens is 284 g/mol. The monoisotopic (exact) mass is 302 g/mol. The third-order valence-electron chi connectivity index (χ3n) is 4.57. The lowest BCUT2D eigenvalue weighted by molar-refractivity contribution is -0.138. The van der Waals surface area contributed by atoms with Crippen molar-refractivity contribution in [3.63, 3.8) is 0 Å². The second kappa shape index (κ2) is 5.87. The first-order valence-corrected chi connectivity index (χ1v) is 7.61. The summed E-state index contributed by atoms with van der Waals surface area (Å²) in [4.78, 5) is 49.0. The van der Waals surface area contributed by atoms with E-state index >= 15 is 0 Å². The molecule has 0 saturated heterocycles. The summed E-state index contributed by atoms with van der Waals surface area (Å²) in [6.07, 6.45) is 8.95. The fourth-order valence-electron chi connectivity index (χ4n) is 3.47.